The van der Waals surface area contributed by atoms with E-state index >= 15 is 0 Å². The van der Waals surface area contributed by atoms with E-state index in [4.69, 9.17) is 9.84 Å². The smallest absolute Gasteiger partial charge is 0.332 e. The maximum absolute atomic E-state index is 12.5. The average Bonchev–Trinajstić information content (AvgIpc) is 2.88. The van der Waals surface area contributed by atoms with Gasteiger partial charge in [0, 0.05) is 13.1 Å². The van der Waals surface area contributed by atoms with Crippen molar-refractivity contribution in [2.24, 2.45) is 0 Å². The first-order valence-electron chi connectivity index (χ1n) is 7.39. The van der Waals surface area contributed by atoms with Crippen molar-refractivity contribution in [3.05, 3.63) is 35.4 Å². The van der Waals surface area contributed by atoms with Crippen molar-refractivity contribution in [2.45, 2.75) is 37.9 Å². The number of carbonyl (C=O) groups excluding carboxylic acids is 1. The second-order valence-corrected chi connectivity index (χ2v) is 5.62. The molecule has 0 unspecified atom stereocenters. The minimum absolute atomic E-state index is 0.0634. The number of hydrogen-bond acceptors (Lipinski definition) is 3. The molecule has 5 nitrogen and oxygen atoms in total. The van der Waals surface area contributed by atoms with Gasteiger partial charge in [-0.1, -0.05) is 24.3 Å². The molecule has 21 heavy (non-hydrogen) atoms. The third-order valence-electron chi connectivity index (χ3n) is 4.30. The van der Waals surface area contributed by atoms with Gasteiger partial charge in [0.15, 0.2) is 6.10 Å². The lowest BCUT2D eigenvalue weighted by molar-refractivity contribution is -0.154. The van der Waals surface area contributed by atoms with E-state index in [2.05, 4.69) is 12.1 Å². The van der Waals surface area contributed by atoms with E-state index in [0.717, 1.165) is 12.8 Å². The first-order chi connectivity index (χ1) is 10.1. The van der Waals surface area contributed by atoms with Crippen LogP contribution in [0.15, 0.2) is 24.3 Å². The molecule has 2 aliphatic heterocycles. The SMILES string of the molecule is O=C(O)[C@H]1CC[C@@H](C(=O)N2CCc3ccccc3CC2)O1. The lowest BCUT2D eigenvalue weighted by atomic mass is 10.0. The number of nitrogens with zero attached hydrogens (tertiary/aromatic N) is 1. The Bertz CT molecular complexity index is 530. The fraction of sp³-hybridized carbons (Fsp3) is 0.500. The summed E-state index contributed by atoms with van der Waals surface area (Å²) in [6.07, 6.45) is 1.18. The first kappa shape index (κ1) is 14.1. The van der Waals surface area contributed by atoms with E-state index in [1.807, 2.05) is 17.0 Å². The molecule has 3 rings (SSSR count). The van der Waals surface area contributed by atoms with Crippen molar-refractivity contribution in [1.29, 1.82) is 0 Å². The number of carboxylic acids is 1. The van der Waals surface area contributed by atoms with E-state index in [0.29, 0.717) is 25.9 Å². The predicted octanol–water partition coefficient (Wildman–Crippen LogP) is 1.25. The highest BCUT2D eigenvalue weighted by molar-refractivity contribution is 5.82. The quantitative estimate of drug-likeness (QED) is 0.889. The third kappa shape index (κ3) is 2.93. The fourth-order valence-corrected chi connectivity index (χ4v) is 3.09. The topological polar surface area (TPSA) is 66.8 Å². The Balaban J connectivity index is 1.64. The standard InChI is InChI=1S/C16H19NO4/c18-15(13-5-6-14(21-13)16(19)20)17-9-7-11-3-1-2-4-12(11)8-10-17/h1-4,13-14H,5-10H2,(H,19,20)/t13-,14+/m0/s1. The summed E-state index contributed by atoms with van der Waals surface area (Å²) < 4.78 is 5.37. The molecule has 1 saturated heterocycles. The van der Waals surface area contributed by atoms with Crippen LogP contribution in [-0.2, 0) is 27.2 Å². The van der Waals surface area contributed by atoms with Crippen molar-refractivity contribution in [3.8, 4) is 0 Å². The molecule has 0 aromatic heterocycles. The molecule has 2 aliphatic rings. The Morgan fingerprint density at radius 1 is 1.05 bits per heavy atom. The molecule has 112 valence electrons. The molecular weight excluding hydrogens is 270 g/mol. The Hall–Kier alpha value is -1.88. The number of aliphatic carboxylic acids is 1. The van der Waals surface area contributed by atoms with Gasteiger partial charge in [0.05, 0.1) is 0 Å². The summed E-state index contributed by atoms with van der Waals surface area (Å²) in [5.41, 5.74) is 2.59. The maximum Gasteiger partial charge on any atom is 0.332 e. The number of ether oxygens (including phenoxy) is 1. The van der Waals surface area contributed by atoms with E-state index in [9.17, 15) is 9.59 Å². The summed E-state index contributed by atoms with van der Waals surface area (Å²) in [7, 11) is 0. The number of hydrogen-bond donors (Lipinski definition) is 1. The lowest BCUT2D eigenvalue weighted by Crippen LogP contribution is -2.41. The molecule has 1 aromatic carbocycles. The van der Waals surface area contributed by atoms with Crippen LogP contribution in [0.1, 0.15) is 24.0 Å². The van der Waals surface area contributed by atoms with E-state index in [-0.39, 0.29) is 5.91 Å². The molecule has 0 spiro atoms. The first-order valence-corrected chi connectivity index (χ1v) is 7.39. The van der Waals surface area contributed by atoms with Gasteiger partial charge in [-0.25, -0.2) is 4.79 Å². The number of rotatable bonds is 2. The normalized spacial score (nSPS) is 25.2. The second kappa shape index (κ2) is 5.85. The number of amides is 1. The van der Waals surface area contributed by atoms with Crippen LogP contribution in [0.4, 0.5) is 0 Å². The summed E-state index contributed by atoms with van der Waals surface area (Å²) in [6, 6.07) is 8.26. The Morgan fingerprint density at radius 2 is 1.62 bits per heavy atom. The molecule has 2 atom stereocenters. The monoisotopic (exact) mass is 289 g/mol. The zero-order valence-corrected chi connectivity index (χ0v) is 11.8. The number of carboxylic acid groups (broad SMARTS) is 1. The molecule has 1 amide bonds. The van der Waals surface area contributed by atoms with E-state index in [1.54, 1.807) is 0 Å². The van der Waals surface area contributed by atoms with E-state index in [1.165, 1.54) is 11.1 Å². The summed E-state index contributed by atoms with van der Waals surface area (Å²) >= 11 is 0. The summed E-state index contributed by atoms with van der Waals surface area (Å²) in [6.45, 7) is 1.35. The van der Waals surface area contributed by atoms with Gasteiger partial charge < -0.3 is 14.7 Å². The molecule has 0 bridgehead atoms. The van der Waals surface area contributed by atoms with Gasteiger partial charge in [0.2, 0.25) is 0 Å². The van der Waals surface area contributed by atoms with Gasteiger partial charge in [-0.05, 0) is 36.8 Å². The summed E-state index contributed by atoms with van der Waals surface area (Å²) in [5, 5.41) is 8.94. The van der Waals surface area contributed by atoms with Gasteiger partial charge in [0.25, 0.3) is 5.91 Å². The number of fused-ring (bicyclic) bond motifs is 1. The highest BCUT2D eigenvalue weighted by Gasteiger charge is 2.37. The highest BCUT2D eigenvalue weighted by atomic mass is 16.5. The Morgan fingerprint density at radius 3 is 2.14 bits per heavy atom. The van der Waals surface area contributed by atoms with E-state index < -0.39 is 18.2 Å². The largest absolute Gasteiger partial charge is 0.479 e. The van der Waals surface area contributed by atoms with Crippen molar-refractivity contribution < 1.29 is 19.4 Å². The van der Waals surface area contributed by atoms with Crippen LogP contribution in [0.3, 0.4) is 0 Å². The van der Waals surface area contributed by atoms with Crippen LogP contribution in [0, 0.1) is 0 Å². The number of benzene rings is 1. The van der Waals surface area contributed by atoms with Crippen molar-refractivity contribution in [1.82, 2.24) is 4.90 Å². The zero-order valence-electron chi connectivity index (χ0n) is 11.8. The van der Waals surface area contributed by atoms with Crippen LogP contribution >= 0.6 is 0 Å². The molecule has 0 saturated carbocycles. The zero-order chi connectivity index (χ0) is 14.8. The summed E-state index contributed by atoms with van der Waals surface area (Å²) in [5.74, 6) is -1.04. The van der Waals surface area contributed by atoms with Gasteiger partial charge in [-0.2, -0.15) is 0 Å². The molecule has 5 heteroatoms. The molecular formula is C16H19NO4. The molecule has 0 aliphatic carbocycles. The van der Waals surface area contributed by atoms with Crippen molar-refractivity contribution in [3.63, 3.8) is 0 Å². The Kier molecular flexibility index (Phi) is 3.92. The van der Waals surface area contributed by atoms with Crippen molar-refractivity contribution in [2.75, 3.05) is 13.1 Å². The second-order valence-electron chi connectivity index (χ2n) is 5.62. The van der Waals surface area contributed by atoms with Crippen LogP contribution < -0.4 is 0 Å². The molecule has 1 N–H and O–H groups in total. The highest BCUT2D eigenvalue weighted by Crippen LogP contribution is 2.23. The predicted molar refractivity (Wildman–Crippen MR) is 76.0 cm³/mol. The fourth-order valence-electron chi connectivity index (χ4n) is 3.09. The molecule has 2 heterocycles. The summed E-state index contributed by atoms with van der Waals surface area (Å²) in [4.78, 5) is 25.2. The van der Waals surface area contributed by atoms with Crippen LogP contribution in [0.2, 0.25) is 0 Å². The molecule has 0 radical (unpaired) electrons. The van der Waals surface area contributed by atoms with Gasteiger partial charge in [0.1, 0.15) is 6.10 Å². The van der Waals surface area contributed by atoms with Crippen molar-refractivity contribution >= 4 is 11.9 Å². The molecule has 1 fully saturated rings. The number of carbonyl (C=O) groups is 2. The van der Waals surface area contributed by atoms with Gasteiger partial charge in [-0.3, -0.25) is 4.79 Å². The average molecular weight is 289 g/mol. The van der Waals surface area contributed by atoms with Crippen LogP contribution in [-0.4, -0.2) is 47.2 Å². The van der Waals surface area contributed by atoms with Gasteiger partial charge in [-0.15, -0.1) is 0 Å². The van der Waals surface area contributed by atoms with Crippen LogP contribution in [0.5, 0.6) is 0 Å². The Labute approximate surface area is 123 Å². The van der Waals surface area contributed by atoms with Gasteiger partial charge >= 0.3 is 5.97 Å². The minimum atomic E-state index is -0.978. The third-order valence-corrected chi connectivity index (χ3v) is 4.30. The lowest BCUT2D eigenvalue weighted by Gasteiger charge is -2.23. The minimum Gasteiger partial charge on any atom is -0.479 e. The molecule has 1 aromatic rings. The van der Waals surface area contributed by atoms with Crippen LogP contribution in [0.25, 0.3) is 0 Å². The maximum atomic E-state index is 12.5.